The SMILES string of the molecule is COCCCN1C(=O)C2(CCNCC2)Nc2ccccc21.Cl. The van der Waals surface area contributed by atoms with Crippen molar-refractivity contribution in [3.05, 3.63) is 24.3 Å². The molecule has 0 radical (unpaired) electrons. The molecule has 0 aliphatic carbocycles. The molecule has 2 aliphatic rings. The Morgan fingerprint density at radius 3 is 2.73 bits per heavy atom. The molecule has 2 aliphatic heterocycles. The standard InChI is InChI=1S/C16H23N3O2.ClH/c1-21-12-4-11-19-14-6-3-2-5-13(14)18-16(15(19)20)7-9-17-10-8-16;/h2-3,5-6,17-18H,4,7-12H2,1H3;1H. The highest BCUT2D eigenvalue weighted by atomic mass is 35.5. The van der Waals surface area contributed by atoms with Gasteiger partial charge in [-0.15, -0.1) is 12.4 Å². The van der Waals surface area contributed by atoms with Crippen molar-refractivity contribution in [2.75, 3.05) is 43.6 Å². The van der Waals surface area contributed by atoms with E-state index in [1.807, 2.05) is 23.1 Å². The number of rotatable bonds is 4. The zero-order valence-corrected chi connectivity index (χ0v) is 13.7. The molecule has 1 aromatic carbocycles. The molecule has 2 heterocycles. The number of nitrogens with zero attached hydrogens (tertiary/aromatic N) is 1. The van der Waals surface area contributed by atoms with Gasteiger partial charge in [-0.3, -0.25) is 4.79 Å². The first-order chi connectivity index (χ1) is 10.3. The molecule has 1 fully saturated rings. The summed E-state index contributed by atoms with van der Waals surface area (Å²) < 4.78 is 5.13. The van der Waals surface area contributed by atoms with Gasteiger partial charge in [-0.1, -0.05) is 12.1 Å². The topological polar surface area (TPSA) is 53.6 Å². The predicted molar refractivity (Wildman–Crippen MR) is 91.0 cm³/mol. The zero-order valence-electron chi connectivity index (χ0n) is 12.9. The summed E-state index contributed by atoms with van der Waals surface area (Å²) >= 11 is 0. The number of piperidine rings is 1. The maximum Gasteiger partial charge on any atom is 0.252 e. The average molecular weight is 326 g/mol. The van der Waals surface area contributed by atoms with Gasteiger partial charge in [0.1, 0.15) is 5.54 Å². The highest BCUT2D eigenvalue weighted by molar-refractivity contribution is 6.08. The van der Waals surface area contributed by atoms with Crippen LogP contribution >= 0.6 is 12.4 Å². The molecule has 3 rings (SSSR count). The van der Waals surface area contributed by atoms with E-state index in [1.165, 1.54) is 0 Å². The number of benzene rings is 1. The molecule has 122 valence electrons. The second-order valence-corrected chi connectivity index (χ2v) is 5.78. The zero-order chi connectivity index (χ0) is 14.7. The lowest BCUT2D eigenvalue weighted by Crippen LogP contribution is -2.61. The van der Waals surface area contributed by atoms with Crippen molar-refractivity contribution in [1.82, 2.24) is 5.32 Å². The summed E-state index contributed by atoms with van der Waals surface area (Å²) in [7, 11) is 1.70. The lowest BCUT2D eigenvalue weighted by Gasteiger charge is -2.46. The van der Waals surface area contributed by atoms with E-state index in [0.29, 0.717) is 13.2 Å². The van der Waals surface area contributed by atoms with Crippen molar-refractivity contribution in [3.8, 4) is 0 Å². The van der Waals surface area contributed by atoms with E-state index in [-0.39, 0.29) is 18.3 Å². The lowest BCUT2D eigenvalue weighted by molar-refractivity contribution is -0.124. The number of para-hydroxylation sites is 2. The average Bonchev–Trinajstić information content (AvgIpc) is 2.52. The van der Waals surface area contributed by atoms with Crippen LogP contribution in [0.25, 0.3) is 0 Å². The molecular formula is C16H24ClN3O2. The number of ether oxygens (including phenoxy) is 1. The molecule has 1 spiro atoms. The molecule has 0 saturated carbocycles. The number of anilines is 2. The summed E-state index contributed by atoms with van der Waals surface area (Å²) in [5.41, 5.74) is 1.62. The van der Waals surface area contributed by atoms with Crippen LogP contribution in [-0.2, 0) is 9.53 Å². The molecule has 1 saturated heterocycles. The number of hydrogen-bond donors (Lipinski definition) is 2. The van der Waals surface area contributed by atoms with E-state index in [9.17, 15) is 4.79 Å². The summed E-state index contributed by atoms with van der Waals surface area (Å²) in [6, 6.07) is 8.08. The highest BCUT2D eigenvalue weighted by Gasteiger charge is 2.46. The van der Waals surface area contributed by atoms with Crippen LogP contribution in [0.4, 0.5) is 11.4 Å². The Hall–Kier alpha value is -1.30. The maximum absolute atomic E-state index is 13.1. The molecule has 1 aromatic rings. The van der Waals surface area contributed by atoms with Gasteiger partial charge in [0, 0.05) is 20.3 Å². The van der Waals surface area contributed by atoms with Gasteiger partial charge >= 0.3 is 0 Å². The van der Waals surface area contributed by atoms with Crippen LogP contribution in [0, 0.1) is 0 Å². The first-order valence-corrected chi connectivity index (χ1v) is 7.66. The van der Waals surface area contributed by atoms with Gasteiger partial charge in [0.25, 0.3) is 5.91 Å². The minimum absolute atomic E-state index is 0. The van der Waals surface area contributed by atoms with Crippen LogP contribution in [0.2, 0.25) is 0 Å². The fourth-order valence-corrected chi connectivity index (χ4v) is 3.28. The molecule has 6 heteroatoms. The number of halogens is 1. The van der Waals surface area contributed by atoms with Gasteiger partial charge in [-0.05, 0) is 44.5 Å². The van der Waals surface area contributed by atoms with E-state index in [1.54, 1.807) is 7.11 Å². The van der Waals surface area contributed by atoms with Crippen LogP contribution in [-0.4, -0.2) is 44.8 Å². The Kier molecular flexibility index (Phi) is 5.67. The molecule has 5 nitrogen and oxygen atoms in total. The van der Waals surface area contributed by atoms with Gasteiger partial charge < -0.3 is 20.3 Å². The smallest absolute Gasteiger partial charge is 0.252 e. The van der Waals surface area contributed by atoms with Gasteiger partial charge in [-0.25, -0.2) is 0 Å². The summed E-state index contributed by atoms with van der Waals surface area (Å²) in [5.74, 6) is 0.207. The Morgan fingerprint density at radius 2 is 2.00 bits per heavy atom. The fourth-order valence-electron chi connectivity index (χ4n) is 3.28. The first kappa shape index (κ1) is 17.1. The summed E-state index contributed by atoms with van der Waals surface area (Å²) in [5, 5.41) is 6.86. The fraction of sp³-hybridized carbons (Fsp3) is 0.562. The maximum atomic E-state index is 13.1. The van der Waals surface area contributed by atoms with Crippen LogP contribution < -0.4 is 15.5 Å². The van der Waals surface area contributed by atoms with Crippen molar-refractivity contribution in [2.24, 2.45) is 0 Å². The van der Waals surface area contributed by atoms with E-state index < -0.39 is 5.54 Å². The minimum atomic E-state index is -0.438. The van der Waals surface area contributed by atoms with Crippen LogP contribution in [0.3, 0.4) is 0 Å². The summed E-state index contributed by atoms with van der Waals surface area (Å²) in [6.07, 6.45) is 2.52. The van der Waals surface area contributed by atoms with Crippen LogP contribution in [0.15, 0.2) is 24.3 Å². The Labute approximate surface area is 137 Å². The molecule has 0 unspecified atom stereocenters. The third-order valence-electron chi connectivity index (χ3n) is 4.41. The number of carbonyl (C=O) groups excluding carboxylic acids is 1. The highest BCUT2D eigenvalue weighted by Crippen LogP contribution is 2.38. The number of hydrogen-bond acceptors (Lipinski definition) is 4. The van der Waals surface area contributed by atoms with Crippen LogP contribution in [0.1, 0.15) is 19.3 Å². The van der Waals surface area contributed by atoms with Crippen LogP contribution in [0.5, 0.6) is 0 Å². The molecule has 1 amide bonds. The second kappa shape index (κ2) is 7.31. The van der Waals surface area contributed by atoms with E-state index >= 15 is 0 Å². The van der Waals surface area contributed by atoms with Gasteiger partial charge in [0.05, 0.1) is 11.4 Å². The molecule has 0 bridgehead atoms. The van der Waals surface area contributed by atoms with E-state index in [0.717, 1.165) is 43.7 Å². The largest absolute Gasteiger partial charge is 0.385 e. The quantitative estimate of drug-likeness (QED) is 0.832. The van der Waals surface area contributed by atoms with Crippen molar-refractivity contribution in [2.45, 2.75) is 24.8 Å². The summed E-state index contributed by atoms with van der Waals surface area (Å²) in [4.78, 5) is 15.0. The Morgan fingerprint density at radius 1 is 1.27 bits per heavy atom. The number of nitrogens with one attached hydrogen (secondary N) is 2. The molecule has 22 heavy (non-hydrogen) atoms. The first-order valence-electron chi connectivity index (χ1n) is 7.66. The predicted octanol–water partition coefficient (Wildman–Crippen LogP) is 2.03. The van der Waals surface area contributed by atoms with Crippen molar-refractivity contribution in [3.63, 3.8) is 0 Å². The number of fused-ring (bicyclic) bond motifs is 1. The molecule has 0 aromatic heterocycles. The number of amides is 1. The Balaban J connectivity index is 0.00000176. The van der Waals surface area contributed by atoms with E-state index in [2.05, 4.69) is 16.7 Å². The second-order valence-electron chi connectivity index (χ2n) is 5.78. The van der Waals surface area contributed by atoms with Gasteiger partial charge in [-0.2, -0.15) is 0 Å². The normalized spacial score (nSPS) is 19.3. The minimum Gasteiger partial charge on any atom is -0.385 e. The Bertz CT molecular complexity index is 518. The lowest BCUT2D eigenvalue weighted by atomic mass is 9.84. The third kappa shape index (κ3) is 3.07. The summed E-state index contributed by atoms with van der Waals surface area (Å²) in [6.45, 7) is 3.15. The van der Waals surface area contributed by atoms with Gasteiger partial charge in [0.15, 0.2) is 0 Å². The molecular weight excluding hydrogens is 302 g/mol. The van der Waals surface area contributed by atoms with Crippen molar-refractivity contribution in [1.29, 1.82) is 0 Å². The van der Waals surface area contributed by atoms with Crippen molar-refractivity contribution < 1.29 is 9.53 Å². The van der Waals surface area contributed by atoms with Gasteiger partial charge in [0.2, 0.25) is 0 Å². The molecule has 0 atom stereocenters. The molecule has 2 N–H and O–H groups in total. The number of carbonyl (C=O) groups is 1. The van der Waals surface area contributed by atoms with Crippen molar-refractivity contribution >= 4 is 29.7 Å². The van der Waals surface area contributed by atoms with E-state index in [4.69, 9.17) is 4.74 Å². The third-order valence-corrected chi connectivity index (χ3v) is 4.41. The number of methoxy groups -OCH3 is 1. The monoisotopic (exact) mass is 325 g/mol.